The van der Waals surface area contributed by atoms with Crippen molar-refractivity contribution in [3.05, 3.63) is 87.4 Å². The highest BCUT2D eigenvalue weighted by molar-refractivity contribution is 7.09. The number of rotatable bonds is 7. The molecule has 6 nitrogen and oxygen atoms in total. The molecule has 1 aromatic heterocycles. The molecule has 0 saturated heterocycles. The second-order valence-electron chi connectivity index (χ2n) is 6.60. The monoisotopic (exact) mass is 406 g/mol. The number of carbonyl (C=O) groups excluding carboxylic acids is 3. The minimum absolute atomic E-state index is 0.0361. The second-order valence-corrected chi connectivity index (χ2v) is 7.54. The molecule has 0 saturated carbocycles. The lowest BCUT2D eigenvalue weighted by atomic mass is 10.1. The van der Waals surface area contributed by atoms with Gasteiger partial charge in [0.1, 0.15) is 6.61 Å². The average Bonchev–Trinajstić information content (AvgIpc) is 3.26. The summed E-state index contributed by atoms with van der Waals surface area (Å²) in [5.74, 6) is -1.14. The Morgan fingerprint density at radius 2 is 1.62 bits per heavy atom. The van der Waals surface area contributed by atoms with Gasteiger partial charge in [0.25, 0.3) is 11.8 Å². The molecule has 29 heavy (non-hydrogen) atoms. The number of carbonyl (C=O) groups is 3. The first-order chi connectivity index (χ1) is 14.1. The molecule has 1 aliphatic heterocycles. The molecule has 0 spiro atoms. The molecule has 4 rings (SSSR count). The Balaban J connectivity index is 1.26. The second kappa shape index (κ2) is 8.36. The summed E-state index contributed by atoms with van der Waals surface area (Å²) in [6.07, 6.45) is 0.785. The molecular formula is C22H18N2O4S. The van der Waals surface area contributed by atoms with Gasteiger partial charge in [-0.3, -0.25) is 19.3 Å². The van der Waals surface area contributed by atoms with E-state index in [0.29, 0.717) is 16.8 Å². The summed E-state index contributed by atoms with van der Waals surface area (Å²) in [7, 11) is 0. The molecule has 2 amide bonds. The zero-order valence-corrected chi connectivity index (χ0v) is 16.4. The minimum Gasteiger partial charge on any atom is -0.463 e. The third kappa shape index (κ3) is 4.25. The van der Waals surface area contributed by atoms with E-state index in [-0.39, 0.29) is 31.4 Å². The number of thiazole rings is 1. The lowest BCUT2D eigenvalue weighted by molar-refractivity contribution is -0.143. The number of fused-ring (bicyclic) bond motifs is 1. The van der Waals surface area contributed by atoms with Crippen molar-refractivity contribution in [2.75, 3.05) is 13.2 Å². The van der Waals surface area contributed by atoms with Gasteiger partial charge in [-0.25, -0.2) is 4.98 Å². The summed E-state index contributed by atoms with van der Waals surface area (Å²) < 4.78 is 5.21. The summed E-state index contributed by atoms with van der Waals surface area (Å²) >= 11 is 1.51. The molecule has 0 bridgehead atoms. The first kappa shape index (κ1) is 19.0. The maximum Gasteiger partial charge on any atom is 0.311 e. The van der Waals surface area contributed by atoms with Crippen LogP contribution in [0.2, 0.25) is 0 Å². The van der Waals surface area contributed by atoms with Crippen molar-refractivity contribution in [2.24, 2.45) is 0 Å². The van der Waals surface area contributed by atoms with E-state index in [2.05, 4.69) is 4.98 Å². The zero-order valence-electron chi connectivity index (χ0n) is 15.5. The predicted molar refractivity (Wildman–Crippen MR) is 108 cm³/mol. The van der Waals surface area contributed by atoms with Crippen LogP contribution in [0, 0.1) is 0 Å². The Morgan fingerprint density at radius 3 is 2.31 bits per heavy atom. The fourth-order valence-corrected chi connectivity index (χ4v) is 4.00. The number of ether oxygens (including phenoxy) is 1. The topological polar surface area (TPSA) is 76.6 Å². The van der Waals surface area contributed by atoms with Gasteiger partial charge in [0.2, 0.25) is 0 Å². The molecule has 2 aromatic carbocycles. The van der Waals surface area contributed by atoms with E-state index < -0.39 is 5.97 Å². The van der Waals surface area contributed by atoms with Crippen molar-refractivity contribution in [1.82, 2.24) is 9.88 Å². The van der Waals surface area contributed by atoms with Gasteiger partial charge in [0, 0.05) is 11.8 Å². The lowest BCUT2D eigenvalue weighted by Crippen LogP contribution is -2.33. The van der Waals surface area contributed by atoms with Gasteiger partial charge >= 0.3 is 5.97 Å². The summed E-state index contributed by atoms with van der Waals surface area (Å²) in [6.45, 7) is -0.000277. The minimum atomic E-state index is -0.432. The Hall–Kier alpha value is -3.32. The number of amides is 2. The van der Waals surface area contributed by atoms with Crippen LogP contribution in [0.3, 0.4) is 0 Å². The van der Waals surface area contributed by atoms with Crippen molar-refractivity contribution >= 4 is 29.1 Å². The largest absolute Gasteiger partial charge is 0.463 e. The van der Waals surface area contributed by atoms with Crippen molar-refractivity contribution in [3.8, 4) is 0 Å². The molecule has 146 valence electrons. The third-order valence-electron chi connectivity index (χ3n) is 4.58. The maximum absolute atomic E-state index is 12.3. The highest BCUT2D eigenvalue weighted by atomic mass is 32.1. The van der Waals surface area contributed by atoms with Gasteiger partial charge in [-0.2, -0.15) is 0 Å². The van der Waals surface area contributed by atoms with Gasteiger partial charge in [0.15, 0.2) is 0 Å². The van der Waals surface area contributed by atoms with E-state index in [1.54, 1.807) is 24.3 Å². The van der Waals surface area contributed by atoms with Gasteiger partial charge in [-0.15, -0.1) is 11.3 Å². The Bertz CT molecular complexity index is 1030. The van der Waals surface area contributed by atoms with E-state index in [1.165, 1.54) is 11.3 Å². The molecule has 0 radical (unpaired) electrons. The number of nitrogens with zero attached hydrogens (tertiary/aromatic N) is 2. The fraction of sp³-hybridized carbons (Fsp3) is 0.182. The quantitative estimate of drug-likeness (QED) is 0.445. The van der Waals surface area contributed by atoms with E-state index >= 15 is 0 Å². The van der Waals surface area contributed by atoms with Crippen LogP contribution in [0.15, 0.2) is 60.0 Å². The Morgan fingerprint density at radius 1 is 0.966 bits per heavy atom. The SMILES string of the molecule is O=C(Cc1csc(Cc2ccccc2)n1)OCCN1C(=O)c2ccccc2C1=O. The van der Waals surface area contributed by atoms with Crippen molar-refractivity contribution < 1.29 is 19.1 Å². The summed E-state index contributed by atoms with van der Waals surface area (Å²) in [4.78, 5) is 42.2. The van der Waals surface area contributed by atoms with E-state index in [1.807, 2.05) is 35.7 Å². The van der Waals surface area contributed by atoms with Gasteiger partial charge in [-0.05, 0) is 17.7 Å². The van der Waals surface area contributed by atoms with Crippen molar-refractivity contribution in [2.45, 2.75) is 12.8 Å². The Labute approximate surface area is 171 Å². The van der Waals surface area contributed by atoms with Crippen LogP contribution in [0.25, 0.3) is 0 Å². The van der Waals surface area contributed by atoms with E-state index in [9.17, 15) is 14.4 Å². The first-order valence-corrected chi connectivity index (χ1v) is 10.1. The third-order valence-corrected chi connectivity index (χ3v) is 5.48. The highest BCUT2D eigenvalue weighted by Gasteiger charge is 2.34. The van der Waals surface area contributed by atoms with E-state index in [4.69, 9.17) is 4.74 Å². The highest BCUT2D eigenvalue weighted by Crippen LogP contribution is 2.22. The van der Waals surface area contributed by atoms with Crippen LogP contribution < -0.4 is 0 Å². The molecular weight excluding hydrogens is 388 g/mol. The molecule has 0 N–H and O–H groups in total. The van der Waals surface area contributed by atoms with Crippen LogP contribution >= 0.6 is 11.3 Å². The maximum atomic E-state index is 12.3. The number of hydrogen-bond acceptors (Lipinski definition) is 6. The van der Waals surface area contributed by atoms with Crippen molar-refractivity contribution in [3.63, 3.8) is 0 Å². The lowest BCUT2D eigenvalue weighted by Gasteiger charge is -2.13. The van der Waals surface area contributed by atoms with Crippen LogP contribution in [-0.4, -0.2) is 40.8 Å². The van der Waals surface area contributed by atoms with Gasteiger partial charge in [0.05, 0.1) is 34.8 Å². The molecule has 0 atom stereocenters. The predicted octanol–water partition coefficient (Wildman–Crippen LogP) is 3.12. The zero-order chi connectivity index (χ0) is 20.2. The standard InChI is InChI=1S/C22H18N2O4S/c25-20(13-16-14-29-19(23-16)12-15-6-2-1-3-7-15)28-11-10-24-21(26)17-8-4-5-9-18(17)22(24)27/h1-9,14H,10-13H2. The molecule has 0 unspecified atom stereocenters. The number of esters is 1. The van der Waals surface area contributed by atoms with Crippen LogP contribution in [0.5, 0.6) is 0 Å². The Kier molecular flexibility index (Phi) is 5.48. The first-order valence-electron chi connectivity index (χ1n) is 9.20. The van der Waals surface area contributed by atoms with Crippen molar-refractivity contribution in [1.29, 1.82) is 0 Å². The number of hydrogen-bond donors (Lipinski definition) is 0. The summed E-state index contributed by atoms with van der Waals surface area (Å²) in [5, 5.41) is 2.79. The number of imide groups is 1. The molecule has 2 heterocycles. The van der Waals surface area contributed by atoms with Crippen LogP contribution in [-0.2, 0) is 22.4 Å². The molecule has 1 aliphatic rings. The molecule has 7 heteroatoms. The molecule has 3 aromatic rings. The molecule has 0 fully saturated rings. The molecule has 0 aliphatic carbocycles. The summed E-state index contributed by atoms with van der Waals surface area (Å²) in [6, 6.07) is 16.7. The fourth-order valence-electron chi connectivity index (χ4n) is 3.17. The normalized spacial score (nSPS) is 12.9. The van der Waals surface area contributed by atoms with Crippen LogP contribution in [0.4, 0.5) is 0 Å². The van der Waals surface area contributed by atoms with Gasteiger partial charge in [-0.1, -0.05) is 42.5 Å². The average molecular weight is 406 g/mol. The number of benzene rings is 2. The smallest absolute Gasteiger partial charge is 0.311 e. The van der Waals surface area contributed by atoms with Gasteiger partial charge < -0.3 is 4.74 Å². The van der Waals surface area contributed by atoms with Crippen LogP contribution in [0.1, 0.15) is 37.0 Å². The summed E-state index contributed by atoms with van der Waals surface area (Å²) in [5.41, 5.74) is 2.60. The van der Waals surface area contributed by atoms with E-state index in [0.717, 1.165) is 21.9 Å². The number of aromatic nitrogens is 1.